The highest BCUT2D eigenvalue weighted by atomic mass is 16.4. The van der Waals surface area contributed by atoms with E-state index >= 15 is 0 Å². The first-order valence-electron chi connectivity index (χ1n) is 5.27. The van der Waals surface area contributed by atoms with Gasteiger partial charge in [-0.25, -0.2) is 4.79 Å². The molecule has 0 radical (unpaired) electrons. The van der Waals surface area contributed by atoms with Gasteiger partial charge in [0.1, 0.15) is 0 Å². The number of nitrogens with zero attached hydrogens (tertiary/aromatic N) is 2. The molecular formula is C11H11N3O4. The number of furan rings is 1. The number of carbonyl (C=O) groups is 2. The number of aromatic carboxylic acids is 1. The van der Waals surface area contributed by atoms with E-state index in [1.807, 2.05) is 6.92 Å². The van der Waals surface area contributed by atoms with Crippen LogP contribution in [0.5, 0.6) is 0 Å². The van der Waals surface area contributed by atoms with E-state index in [1.54, 1.807) is 10.9 Å². The van der Waals surface area contributed by atoms with Gasteiger partial charge in [-0.1, -0.05) is 0 Å². The molecule has 2 aromatic rings. The molecule has 1 amide bonds. The van der Waals surface area contributed by atoms with Crippen molar-refractivity contribution in [2.45, 2.75) is 13.5 Å². The van der Waals surface area contributed by atoms with Crippen LogP contribution < -0.4 is 5.32 Å². The molecule has 0 unspecified atom stereocenters. The molecule has 18 heavy (non-hydrogen) atoms. The minimum Gasteiger partial charge on any atom is -0.475 e. The van der Waals surface area contributed by atoms with Crippen molar-refractivity contribution in [3.05, 3.63) is 36.0 Å². The summed E-state index contributed by atoms with van der Waals surface area (Å²) >= 11 is 0. The molecule has 94 valence electrons. The maximum atomic E-state index is 11.7. The van der Waals surface area contributed by atoms with Gasteiger partial charge in [0.05, 0.1) is 11.9 Å². The highest BCUT2D eigenvalue weighted by Gasteiger charge is 2.15. The normalized spacial score (nSPS) is 10.3. The second-order valence-corrected chi connectivity index (χ2v) is 3.51. The number of hydrogen-bond donors (Lipinski definition) is 2. The maximum Gasteiger partial charge on any atom is 0.371 e. The lowest BCUT2D eigenvalue weighted by molar-refractivity contribution is 0.0660. The molecule has 2 aromatic heterocycles. The van der Waals surface area contributed by atoms with Gasteiger partial charge in [-0.15, -0.1) is 0 Å². The molecule has 0 bridgehead atoms. The average molecular weight is 249 g/mol. The molecular weight excluding hydrogens is 238 g/mol. The molecule has 2 N–H and O–H groups in total. The van der Waals surface area contributed by atoms with Crippen molar-refractivity contribution < 1.29 is 19.1 Å². The zero-order chi connectivity index (χ0) is 13.1. The third-order valence-corrected chi connectivity index (χ3v) is 2.26. The van der Waals surface area contributed by atoms with Crippen molar-refractivity contribution in [2.24, 2.45) is 0 Å². The number of hydrogen-bond acceptors (Lipinski definition) is 4. The third-order valence-electron chi connectivity index (χ3n) is 2.26. The SMILES string of the molecule is CCn1cc(NC(=O)c2ccc(C(=O)O)o2)cn1. The fourth-order valence-corrected chi connectivity index (χ4v) is 1.37. The highest BCUT2D eigenvalue weighted by molar-refractivity contribution is 6.02. The van der Waals surface area contributed by atoms with Crippen LogP contribution in [0.25, 0.3) is 0 Å². The number of amides is 1. The number of anilines is 1. The smallest absolute Gasteiger partial charge is 0.371 e. The van der Waals surface area contributed by atoms with Gasteiger partial charge >= 0.3 is 5.97 Å². The van der Waals surface area contributed by atoms with Gasteiger partial charge in [0.2, 0.25) is 5.76 Å². The fraction of sp³-hybridized carbons (Fsp3) is 0.182. The number of carbonyl (C=O) groups excluding carboxylic acids is 1. The van der Waals surface area contributed by atoms with E-state index in [2.05, 4.69) is 10.4 Å². The van der Waals surface area contributed by atoms with E-state index in [0.29, 0.717) is 12.2 Å². The van der Waals surface area contributed by atoms with Gasteiger partial charge in [-0.05, 0) is 19.1 Å². The molecule has 0 aromatic carbocycles. The van der Waals surface area contributed by atoms with E-state index in [9.17, 15) is 9.59 Å². The van der Waals surface area contributed by atoms with Gasteiger partial charge in [0.25, 0.3) is 5.91 Å². The first-order chi connectivity index (χ1) is 8.60. The Morgan fingerprint density at radius 2 is 2.17 bits per heavy atom. The second kappa shape index (κ2) is 4.74. The van der Waals surface area contributed by atoms with Crippen molar-refractivity contribution in [2.75, 3.05) is 5.32 Å². The Bertz CT molecular complexity index is 585. The monoisotopic (exact) mass is 249 g/mol. The predicted molar refractivity (Wildman–Crippen MR) is 61.5 cm³/mol. The number of nitrogens with one attached hydrogen (secondary N) is 1. The largest absolute Gasteiger partial charge is 0.475 e. The van der Waals surface area contributed by atoms with Crippen LogP contribution in [0.3, 0.4) is 0 Å². The topological polar surface area (TPSA) is 97.4 Å². The summed E-state index contributed by atoms with van der Waals surface area (Å²) in [6, 6.07) is 2.54. The highest BCUT2D eigenvalue weighted by Crippen LogP contribution is 2.11. The van der Waals surface area contributed by atoms with E-state index in [0.717, 1.165) is 0 Å². The van der Waals surface area contributed by atoms with Gasteiger partial charge in [-0.2, -0.15) is 5.10 Å². The first kappa shape index (κ1) is 11.9. The van der Waals surface area contributed by atoms with Crippen LogP contribution in [0.1, 0.15) is 28.0 Å². The fourth-order valence-electron chi connectivity index (χ4n) is 1.37. The molecule has 0 saturated carbocycles. The van der Waals surface area contributed by atoms with Crippen LogP contribution >= 0.6 is 0 Å². The van der Waals surface area contributed by atoms with Crippen LogP contribution in [0.15, 0.2) is 28.9 Å². The summed E-state index contributed by atoms with van der Waals surface area (Å²) in [6.45, 7) is 2.62. The standard InChI is InChI=1S/C11H11N3O4/c1-2-14-6-7(5-12-14)13-10(15)8-3-4-9(18-8)11(16)17/h3-6H,2H2,1H3,(H,13,15)(H,16,17). The molecule has 0 saturated heterocycles. The summed E-state index contributed by atoms with van der Waals surface area (Å²) in [6.07, 6.45) is 3.17. The second-order valence-electron chi connectivity index (χ2n) is 3.51. The molecule has 2 heterocycles. The Balaban J connectivity index is 2.09. The number of aromatic nitrogens is 2. The molecule has 0 spiro atoms. The molecule has 7 heteroatoms. The molecule has 2 rings (SSSR count). The zero-order valence-corrected chi connectivity index (χ0v) is 9.58. The van der Waals surface area contributed by atoms with E-state index in [1.165, 1.54) is 18.3 Å². The van der Waals surface area contributed by atoms with Gasteiger partial charge in [0.15, 0.2) is 5.76 Å². The molecule has 0 fully saturated rings. The van der Waals surface area contributed by atoms with Crippen molar-refractivity contribution in [3.63, 3.8) is 0 Å². The lowest BCUT2D eigenvalue weighted by Crippen LogP contribution is -2.10. The summed E-state index contributed by atoms with van der Waals surface area (Å²) < 4.78 is 6.53. The third kappa shape index (κ3) is 2.40. The van der Waals surface area contributed by atoms with Crippen LogP contribution in [0.4, 0.5) is 5.69 Å². The number of carboxylic acid groups (broad SMARTS) is 1. The summed E-state index contributed by atoms with van der Waals surface area (Å²) in [4.78, 5) is 22.3. The van der Waals surface area contributed by atoms with E-state index in [4.69, 9.17) is 9.52 Å². The van der Waals surface area contributed by atoms with E-state index in [-0.39, 0.29) is 11.5 Å². The molecule has 0 aliphatic heterocycles. The number of carboxylic acids is 1. The van der Waals surface area contributed by atoms with Crippen molar-refractivity contribution >= 4 is 17.6 Å². The lowest BCUT2D eigenvalue weighted by atomic mass is 10.4. The quantitative estimate of drug-likeness (QED) is 0.854. The number of aryl methyl sites for hydroxylation is 1. The maximum absolute atomic E-state index is 11.7. The zero-order valence-electron chi connectivity index (χ0n) is 9.58. The predicted octanol–water partition coefficient (Wildman–Crippen LogP) is 1.45. The van der Waals surface area contributed by atoms with Crippen LogP contribution in [0.2, 0.25) is 0 Å². The minimum absolute atomic E-state index is 0.0587. The Hall–Kier alpha value is -2.57. The Morgan fingerprint density at radius 1 is 1.44 bits per heavy atom. The Morgan fingerprint density at radius 3 is 2.72 bits per heavy atom. The molecule has 7 nitrogen and oxygen atoms in total. The Labute approximate surface area is 102 Å². The van der Waals surface area contributed by atoms with Crippen molar-refractivity contribution in [1.82, 2.24) is 9.78 Å². The van der Waals surface area contributed by atoms with Crippen molar-refractivity contribution in [1.29, 1.82) is 0 Å². The van der Waals surface area contributed by atoms with Gasteiger partial charge in [-0.3, -0.25) is 9.48 Å². The van der Waals surface area contributed by atoms with Crippen molar-refractivity contribution in [3.8, 4) is 0 Å². The van der Waals surface area contributed by atoms with Crippen LogP contribution in [0, 0.1) is 0 Å². The van der Waals surface area contributed by atoms with Gasteiger partial charge in [0, 0.05) is 12.7 Å². The van der Waals surface area contributed by atoms with E-state index < -0.39 is 11.9 Å². The minimum atomic E-state index is -1.21. The summed E-state index contributed by atoms with van der Waals surface area (Å²) in [5, 5.41) is 15.2. The first-order valence-corrected chi connectivity index (χ1v) is 5.27. The van der Waals surface area contributed by atoms with Gasteiger partial charge < -0.3 is 14.8 Å². The van der Waals surface area contributed by atoms with Crippen LogP contribution in [-0.2, 0) is 6.54 Å². The molecule has 0 aliphatic carbocycles. The van der Waals surface area contributed by atoms with Crippen LogP contribution in [-0.4, -0.2) is 26.8 Å². The molecule has 0 atom stereocenters. The summed E-state index contributed by atoms with van der Waals surface area (Å²) in [5.74, 6) is -2.06. The Kier molecular flexibility index (Phi) is 3.13. The molecule has 0 aliphatic rings. The number of rotatable bonds is 4. The summed E-state index contributed by atoms with van der Waals surface area (Å²) in [7, 11) is 0. The lowest BCUT2D eigenvalue weighted by Gasteiger charge is -1.98. The average Bonchev–Trinajstić information content (AvgIpc) is 2.97. The summed E-state index contributed by atoms with van der Waals surface area (Å²) in [5.41, 5.74) is 0.523.